The first-order valence-corrected chi connectivity index (χ1v) is 7.64. The van der Waals surface area contributed by atoms with Crippen LogP contribution >= 0.6 is 0 Å². The predicted octanol–water partition coefficient (Wildman–Crippen LogP) is 0.290. The molecule has 20 heavy (non-hydrogen) atoms. The summed E-state index contributed by atoms with van der Waals surface area (Å²) in [5.74, 6) is -0.461. The van der Waals surface area contributed by atoms with E-state index in [2.05, 4.69) is 5.32 Å². The highest BCUT2D eigenvalue weighted by atomic mass is 32.2. The van der Waals surface area contributed by atoms with Crippen molar-refractivity contribution in [1.29, 1.82) is 0 Å². The Kier molecular flexibility index (Phi) is 5.72. The first-order chi connectivity index (χ1) is 9.31. The van der Waals surface area contributed by atoms with E-state index in [0.29, 0.717) is 5.69 Å². The minimum absolute atomic E-state index is 0.0748. The van der Waals surface area contributed by atoms with Gasteiger partial charge in [0.2, 0.25) is 15.9 Å². The summed E-state index contributed by atoms with van der Waals surface area (Å²) in [7, 11) is -0.372. The number of benzene rings is 1. The van der Waals surface area contributed by atoms with E-state index in [1.54, 1.807) is 30.3 Å². The number of nitrogens with one attached hydrogen (secondary N) is 1. The Morgan fingerprint density at radius 3 is 2.45 bits per heavy atom. The van der Waals surface area contributed by atoms with E-state index in [1.807, 2.05) is 0 Å². The Balaban J connectivity index is 2.43. The summed E-state index contributed by atoms with van der Waals surface area (Å²) in [6.45, 7) is 0.0748. The third kappa shape index (κ3) is 5.41. The number of nitrogens with two attached hydrogens (primary N) is 1. The van der Waals surface area contributed by atoms with Crippen LogP contribution < -0.4 is 11.1 Å². The van der Waals surface area contributed by atoms with Crippen LogP contribution in [0.25, 0.3) is 6.08 Å². The highest BCUT2D eigenvalue weighted by Gasteiger charge is 2.12. The molecule has 0 aliphatic heterocycles. The van der Waals surface area contributed by atoms with Crippen LogP contribution in [-0.4, -0.2) is 45.0 Å². The fourth-order valence-electron chi connectivity index (χ4n) is 1.32. The molecule has 0 unspecified atom stereocenters. The molecule has 0 fully saturated rings. The van der Waals surface area contributed by atoms with E-state index in [9.17, 15) is 13.2 Å². The Morgan fingerprint density at radius 2 is 1.90 bits per heavy atom. The Morgan fingerprint density at radius 1 is 1.30 bits per heavy atom. The van der Waals surface area contributed by atoms with Gasteiger partial charge in [-0.05, 0) is 23.8 Å². The highest BCUT2D eigenvalue weighted by molar-refractivity contribution is 7.89. The average Bonchev–Trinajstić information content (AvgIpc) is 2.37. The fraction of sp³-hybridized carbons (Fsp3) is 0.308. The van der Waals surface area contributed by atoms with Crippen molar-refractivity contribution in [3.63, 3.8) is 0 Å². The lowest BCUT2D eigenvalue weighted by atomic mass is 10.2. The van der Waals surface area contributed by atoms with Gasteiger partial charge in [-0.1, -0.05) is 12.1 Å². The zero-order valence-corrected chi connectivity index (χ0v) is 12.4. The second-order valence-electron chi connectivity index (χ2n) is 4.39. The van der Waals surface area contributed by atoms with Gasteiger partial charge in [-0.3, -0.25) is 4.79 Å². The van der Waals surface area contributed by atoms with E-state index < -0.39 is 10.0 Å². The van der Waals surface area contributed by atoms with E-state index in [-0.39, 0.29) is 18.2 Å². The van der Waals surface area contributed by atoms with E-state index in [1.165, 1.54) is 20.2 Å². The molecule has 0 bridgehead atoms. The van der Waals surface area contributed by atoms with Gasteiger partial charge >= 0.3 is 0 Å². The van der Waals surface area contributed by atoms with Crippen LogP contribution in [0.5, 0.6) is 0 Å². The zero-order chi connectivity index (χ0) is 15.2. The molecule has 7 heteroatoms. The molecule has 0 aromatic heterocycles. The first-order valence-electron chi connectivity index (χ1n) is 6.03. The molecule has 0 aliphatic carbocycles. The van der Waals surface area contributed by atoms with E-state index in [0.717, 1.165) is 9.87 Å². The third-order valence-electron chi connectivity index (χ3n) is 2.58. The van der Waals surface area contributed by atoms with Crippen LogP contribution in [0, 0.1) is 0 Å². The lowest BCUT2D eigenvalue weighted by molar-refractivity contribution is -0.116. The molecule has 0 heterocycles. The van der Waals surface area contributed by atoms with Gasteiger partial charge < -0.3 is 11.1 Å². The Labute approximate surface area is 119 Å². The number of nitrogen functional groups attached to an aromatic ring is 1. The second-order valence-corrected chi connectivity index (χ2v) is 6.69. The molecule has 0 saturated carbocycles. The number of hydrogen-bond acceptors (Lipinski definition) is 4. The molecular formula is C13H19N3O3S. The predicted molar refractivity (Wildman–Crippen MR) is 80.4 cm³/mol. The topological polar surface area (TPSA) is 92.5 Å². The van der Waals surface area contributed by atoms with Crippen molar-refractivity contribution in [3.05, 3.63) is 35.9 Å². The van der Waals surface area contributed by atoms with Crippen molar-refractivity contribution in [2.45, 2.75) is 0 Å². The highest BCUT2D eigenvalue weighted by Crippen LogP contribution is 2.06. The standard InChI is InChI=1S/C13H19N3O3S/c1-16(2)20(18,19)10-9-15-13(17)8-5-11-3-6-12(14)7-4-11/h3-8H,9-10,14H2,1-2H3,(H,15,17)/b8-5+. The molecule has 1 rings (SSSR count). The summed E-state index contributed by atoms with van der Waals surface area (Å²) in [5.41, 5.74) is 7.05. The van der Waals surface area contributed by atoms with Crippen molar-refractivity contribution in [1.82, 2.24) is 9.62 Å². The summed E-state index contributed by atoms with van der Waals surface area (Å²) in [4.78, 5) is 11.5. The fourth-order valence-corrected chi connectivity index (χ4v) is 2.05. The molecule has 110 valence electrons. The van der Waals surface area contributed by atoms with Gasteiger partial charge in [0, 0.05) is 32.4 Å². The van der Waals surface area contributed by atoms with Gasteiger partial charge in [-0.25, -0.2) is 12.7 Å². The summed E-state index contributed by atoms with van der Waals surface area (Å²) in [5, 5.41) is 2.52. The molecule has 0 atom stereocenters. The van der Waals surface area contributed by atoms with Crippen molar-refractivity contribution in [3.8, 4) is 0 Å². The van der Waals surface area contributed by atoms with Crippen LogP contribution in [0.15, 0.2) is 30.3 Å². The molecule has 0 radical (unpaired) electrons. The van der Waals surface area contributed by atoms with Gasteiger partial charge in [0.25, 0.3) is 0 Å². The Hall–Kier alpha value is -1.86. The number of carbonyl (C=O) groups is 1. The molecule has 1 aromatic rings. The zero-order valence-electron chi connectivity index (χ0n) is 11.5. The smallest absolute Gasteiger partial charge is 0.244 e. The average molecular weight is 297 g/mol. The minimum Gasteiger partial charge on any atom is -0.399 e. The maximum atomic E-state index is 11.5. The van der Waals surface area contributed by atoms with Crippen molar-refractivity contribution >= 4 is 27.7 Å². The van der Waals surface area contributed by atoms with Crippen molar-refractivity contribution in [2.75, 3.05) is 32.1 Å². The van der Waals surface area contributed by atoms with Crippen molar-refractivity contribution < 1.29 is 13.2 Å². The first kappa shape index (κ1) is 16.2. The number of rotatable bonds is 6. The summed E-state index contributed by atoms with van der Waals surface area (Å²) in [6.07, 6.45) is 2.99. The minimum atomic E-state index is -3.29. The number of carbonyl (C=O) groups excluding carboxylic acids is 1. The molecule has 3 N–H and O–H groups in total. The number of amides is 1. The van der Waals surface area contributed by atoms with Gasteiger partial charge in [0.15, 0.2) is 0 Å². The van der Waals surface area contributed by atoms with E-state index in [4.69, 9.17) is 5.73 Å². The summed E-state index contributed by atoms with van der Waals surface area (Å²) < 4.78 is 24.1. The second kappa shape index (κ2) is 7.06. The lowest BCUT2D eigenvalue weighted by Crippen LogP contribution is -2.33. The number of hydrogen-bond donors (Lipinski definition) is 2. The molecule has 0 aliphatic rings. The van der Waals surface area contributed by atoms with Gasteiger partial charge in [0.05, 0.1) is 5.75 Å². The van der Waals surface area contributed by atoms with Crippen molar-refractivity contribution in [2.24, 2.45) is 0 Å². The number of anilines is 1. The Bertz CT molecular complexity index is 577. The SMILES string of the molecule is CN(C)S(=O)(=O)CCNC(=O)/C=C/c1ccc(N)cc1. The number of nitrogens with zero attached hydrogens (tertiary/aromatic N) is 1. The van der Waals surface area contributed by atoms with Crippen LogP contribution in [0.2, 0.25) is 0 Å². The number of sulfonamides is 1. The van der Waals surface area contributed by atoms with Gasteiger partial charge in [-0.15, -0.1) is 0 Å². The maximum absolute atomic E-state index is 11.5. The van der Waals surface area contributed by atoms with Crippen LogP contribution in [0.3, 0.4) is 0 Å². The summed E-state index contributed by atoms with van der Waals surface area (Å²) in [6, 6.07) is 7.05. The molecule has 6 nitrogen and oxygen atoms in total. The van der Waals surface area contributed by atoms with Gasteiger partial charge in [0.1, 0.15) is 0 Å². The van der Waals surface area contributed by atoms with Gasteiger partial charge in [-0.2, -0.15) is 0 Å². The normalized spacial score (nSPS) is 11.9. The van der Waals surface area contributed by atoms with Crippen LogP contribution in [0.1, 0.15) is 5.56 Å². The van der Waals surface area contributed by atoms with Crippen LogP contribution in [0.4, 0.5) is 5.69 Å². The third-order valence-corrected chi connectivity index (χ3v) is 4.41. The van der Waals surface area contributed by atoms with Crippen LogP contribution in [-0.2, 0) is 14.8 Å². The molecule has 0 spiro atoms. The molecule has 0 saturated heterocycles. The molecule has 1 aromatic carbocycles. The van der Waals surface area contributed by atoms with E-state index >= 15 is 0 Å². The molecule has 1 amide bonds. The maximum Gasteiger partial charge on any atom is 0.244 e. The largest absolute Gasteiger partial charge is 0.399 e. The lowest BCUT2D eigenvalue weighted by Gasteiger charge is -2.10. The molecular weight excluding hydrogens is 278 g/mol. The monoisotopic (exact) mass is 297 g/mol. The quantitative estimate of drug-likeness (QED) is 0.583. The summed E-state index contributed by atoms with van der Waals surface area (Å²) >= 11 is 0.